The number of hydrogen-bond acceptors (Lipinski definition) is 4. The minimum Gasteiger partial charge on any atom is -0.497 e. The van der Waals surface area contributed by atoms with Crippen LogP contribution >= 0.6 is 11.3 Å². The zero-order valence-electron chi connectivity index (χ0n) is 17.3. The minimum atomic E-state index is 0.0528. The van der Waals surface area contributed by atoms with Crippen LogP contribution in [0.25, 0.3) is 11.1 Å². The standard InChI is InChI=1S/C25H28N2O2S/c1-29-24-9-7-19(8-10-24)15-26-25(28)22-6-3-12-27(17-22)16-20-4-2-5-21(14-20)23-11-13-30-18-23/h2,4-5,7-11,13-14,18,22H,3,6,12,15-17H2,1H3,(H,26,28). The van der Waals surface area contributed by atoms with Crippen molar-refractivity contribution in [2.45, 2.75) is 25.9 Å². The van der Waals surface area contributed by atoms with Crippen LogP contribution in [0.2, 0.25) is 0 Å². The Labute approximate surface area is 182 Å². The smallest absolute Gasteiger partial charge is 0.224 e. The first-order valence-corrected chi connectivity index (χ1v) is 11.4. The highest BCUT2D eigenvalue weighted by Crippen LogP contribution is 2.25. The van der Waals surface area contributed by atoms with Gasteiger partial charge in [-0.15, -0.1) is 0 Å². The second kappa shape index (κ2) is 9.92. The summed E-state index contributed by atoms with van der Waals surface area (Å²) in [7, 11) is 1.66. The van der Waals surface area contributed by atoms with Gasteiger partial charge >= 0.3 is 0 Å². The topological polar surface area (TPSA) is 41.6 Å². The number of rotatable bonds is 7. The zero-order valence-corrected chi connectivity index (χ0v) is 18.2. The summed E-state index contributed by atoms with van der Waals surface area (Å²) in [5.41, 5.74) is 4.93. The van der Waals surface area contributed by atoms with Crippen molar-refractivity contribution < 1.29 is 9.53 Å². The maximum Gasteiger partial charge on any atom is 0.224 e. The molecule has 3 aromatic rings. The molecule has 1 N–H and O–H groups in total. The maximum absolute atomic E-state index is 12.7. The molecule has 156 valence electrons. The molecule has 2 heterocycles. The van der Waals surface area contributed by atoms with Gasteiger partial charge in [-0.2, -0.15) is 11.3 Å². The van der Waals surface area contributed by atoms with Gasteiger partial charge in [-0.1, -0.05) is 30.3 Å². The Morgan fingerprint density at radius 2 is 2.00 bits per heavy atom. The molecule has 1 aliphatic heterocycles. The fraction of sp³-hybridized carbons (Fsp3) is 0.320. The Morgan fingerprint density at radius 1 is 1.13 bits per heavy atom. The summed E-state index contributed by atoms with van der Waals surface area (Å²) < 4.78 is 5.19. The van der Waals surface area contributed by atoms with Crippen LogP contribution in [-0.4, -0.2) is 31.0 Å². The van der Waals surface area contributed by atoms with Crippen LogP contribution in [-0.2, 0) is 17.9 Å². The summed E-state index contributed by atoms with van der Waals surface area (Å²) in [6, 6.07) is 18.7. The first-order valence-electron chi connectivity index (χ1n) is 10.5. The molecule has 0 aliphatic carbocycles. The molecule has 0 spiro atoms. The van der Waals surface area contributed by atoms with Crippen molar-refractivity contribution in [2.24, 2.45) is 5.92 Å². The number of ether oxygens (including phenoxy) is 1. The van der Waals surface area contributed by atoms with E-state index in [1.165, 1.54) is 16.7 Å². The molecule has 30 heavy (non-hydrogen) atoms. The van der Waals surface area contributed by atoms with Crippen molar-refractivity contribution >= 4 is 17.2 Å². The number of carbonyl (C=O) groups excluding carboxylic acids is 1. The quantitative estimate of drug-likeness (QED) is 0.588. The van der Waals surface area contributed by atoms with Gasteiger partial charge in [-0.25, -0.2) is 0 Å². The number of nitrogens with zero attached hydrogens (tertiary/aromatic N) is 1. The van der Waals surface area contributed by atoms with Gasteiger partial charge in [0.05, 0.1) is 13.0 Å². The van der Waals surface area contributed by atoms with E-state index in [2.05, 4.69) is 51.3 Å². The van der Waals surface area contributed by atoms with E-state index in [1.54, 1.807) is 18.4 Å². The third-order valence-corrected chi connectivity index (χ3v) is 6.37. The maximum atomic E-state index is 12.7. The van der Waals surface area contributed by atoms with Crippen molar-refractivity contribution in [1.82, 2.24) is 10.2 Å². The molecule has 1 atom stereocenters. The van der Waals surface area contributed by atoms with E-state index in [9.17, 15) is 4.79 Å². The second-order valence-corrected chi connectivity index (χ2v) is 8.63. The molecule has 4 rings (SSSR count). The highest BCUT2D eigenvalue weighted by atomic mass is 32.1. The second-order valence-electron chi connectivity index (χ2n) is 7.85. The monoisotopic (exact) mass is 420 g/mol. The van der Waals surface area contributed by atoms with Crippen LogP contribution in [0.1, 0.15) is 24.0 Å². The van der Waals surface area contributed by atoms with Crippen molar-refractivity contribution in [3.05, 3.63) is 76.5 Å². The van der Waals surface area contributed by atoms with Gasteiger partial charge < -0.3 is 10.1 Å². The third-order valence-electron chi connectivity index (χ3n) is 5.69. The highest BCUT2D eigenvalue weighted by Gasteiger charge is 2.25. The Bertz CT molecular complexity index is 954. The lowest BCUT2D eigenvalue weighted by Crippen LogP contribution is -2.42. The van der Waals surface area contributed by atoms with E-state index in [-0.39, 0.29) is 11.8 Å². The number of methoxy groups -OCH3 is 1. The van der Waals surface area contributed by atoms with Gasteiger partial charge in [-0.3, -0.25) is 9.69 Å². The summed E-state index contributed by atoms with van der Waals surface area (Å²) in [5.74, 6) is 1.04. The number of carbonyl (C=O) groups is 1. The number of amides is 1. The first-order chi connectivity index (χ1) is 14.7. The molecule has 0 bridgehead atoms. The van der Waals surface area contributed by atoms with E-state index in [0.29, 0.717) is 6.54 Å². The average Bonchev–Trinajstić information content (AvgIpc) is 3.33. The number of piperidine rings is 1. The molecule has 5 heteroatoms. The van der Waals surface area contributed by atoms with E-state index >= 15 is 0 Å². The molecule has 2 aromatic carbocycles. The van der Waals surface area contributed by atoms with Gasteiger partial charge in [0.15, 0.2) is 0 Å². The van der Waals surface area contributed by atoms with E-state index in [1.807, 2.05) is 24.3 Å². The SMILES string of the molecule is COc1ccc(CNC(=O)C2CCCN(Cc3cccc(-c4ccsc4)c3)C2)cc1. The summed E-state index contributed by atoms with van der Waals surface area (Å²) in [6.45, 7) is 3.31. The lowest BCUT2D eigenvalue weighted by molar-refractivity contribution is -0.126. The number of nitrogens with one attached hydrogen (secondary N) is 1. The Hall–Kier alpha value is -2.63. The molecule has 0 radical (unpaired) electrons. The van der Waals surface area contributed by atoms with Crippen LogP contribution in [0.4, 0.5) is 0 Å². The molecule has 1 saturated heterocycles. The predicted molar refractivity (Wildman–Crippen MR) is 123 cm³/mol. The Balaban J connectivity index is 1.31. The predicted octanol–water partition coefficient (Wildman–Crippen LogP) is 4.95. The number of benzene rings is 2. The molecule has 1 aromatic heterocycles. The van der Waals surface area contributed by atoms with E-state index in [0.717, 1.165) is 43.8 Å². The lowest BCUT2D eigenvalue weighted by atomic mass is 9.96. The summed E-state index contributed by atoms with van der Waals surface area (Å²) in [4.78, 5) is 15.2. The molecule has 4 nitrogen and oxygen atoms in total. The molecule has 1 aliphatic rings. The van der Waals surface area contributed by atoms with Crippen LogP contribution < -0.4 is 10.1 Å². The van der Waals surface area contributed by atoms with Crippen molar-refractivity contribution in [3.63, 3.8) is 0 Å². The van der Waals surface area contributed by atoms with Crippen LogP contribution in [0, 0.1) is 5.92 Å². The number of hydrogen-bond donors (Lipinski definition) is 1. The highest BCUT2D eigenvalue weighted by molar-refractivity contribution is 7.08. The fourth-order valence-electron chi connectivity index (χ4n) is 4.03. The largest absolute Gasteiger partial charge is 0.497 e. The molecule has 1 fully saturated rings. The Kier molecular flexibility index (Phi) is 6.82. The van der Waals surface area contributed by atoms with Gasteiger partial charge in [0.2, 0.25) is 5.91 Å². The van der Waals surface area contributed by atoms with Gasteiger partial charge in [-0.05, 0) is 76.7 Å². The van der Waals surface area contributed by atoms with Crippen molar-refractivity contribution in [2.75, 3.05) is 20.2 Å². The first kappa shape index (κ1) is 20.6. The van der Waals surface area contributed by atoms with Crippen molar-refractivity contribution in [3.8, 4) is 16.9 Å². The minimum absolute atomic E-state index is 0.0528. The van der Waals surface area contributed by atoms with E-state index in [4.69, 9.17) is 4.74 Å². The van der Waals surface area contributed by atoms with Crippen molar-refractivity contribution in [1.29, 1.82) is 0 Å². The van der Waals surface area contributed by atoms with E-state index < -0.39 is 0 Å². The molecule has 1 amide bonds. The number of thiophene rings is 1. The summed E-state index contributed by atoms with van der Waals surface area (Å²) in [6.07, 6.45) is 2.02. The zero-order chi connectivity index (χ0) is 20.8. The third kappa shape index (κ3) is 5.29. The molecular weight excluding hydrogens is 392 g/mol. The van der Waals surface area contributed by atoms with Gasteiger partial charge in [0.25, 0.3) is 0 Å². The van der Waals surface area contributed by atoms with Gasteiger partial charge in [0, 0.05) is 19.6 Å². The van der Waals surface area contributed by atoms with Crippen LogP contribution in [0.15, 0.2) is 65.4 Å². The van der Waals surface area contributed by atoms with Gasteiger partial charge in [0.1, 0.15) is 5.75 Å². The fourth-order valence-corrected chi connectivity index (χ4v) is 4.69. The summed E-state index contributed by atoms with van der Waals surface area (Å²) in [5, 5.41) is 7.41. The molecule has 0 saturated carbocycles. The molecular formula is C25H28N2O2S. The lowest BCUT2D eigenvalue weighted by Gasteiger charge is -2.32. The average molecular weight is 421 g/mol. The van der Waals surface area contributed by atoms with Crippen LogP contribution in [0.5, 0.6) is 5.75 Å². The number of likely N-dealkylation sites (tertiary alicyclic amines) is 1. The Morgan fingerprint density at radius 3 is 2.77 bits per heavy atom. The van der Waals surface area contributed by atoms with Crippen LogP contribution in [0.3, 0.4) is 0 Å². The summed E-state index contributed by atoms with van der Waals surface area (Å²) >= 11 is 1.72. The normalized spacial score (nSPS) is 16.9. The molecule has 1 unspecified atom stereocenters.